The number of piperazine rings is 1. The second-order valence-corrected chi connectivity index (χ2v) is 11.9. The first-order chi connectivity index (χ1) is 19.5. The molecule has 208 valence electrons. The molecule has 0 atom stereocenters. The minimum absolute atomic E-state index is 0.143. The van der Waals surface area contributed by atoms with Crippen LogP contribution in [0.25, 0.3) is 33.1 Å². The van der Waals surface area contributed by atoms with Gasteiger partial charge >= 0.3 is 5.97 Å². The lowest BCUT2D eigenvalue weighted by Gasteiger charge is -2.32. The van der Waals surface area contributed by atoms with E-state index in [1.165, 1.54) is 61.4 Å². The van der Waals surface area contributed by atoms with E-state index < -0.39 is 0 Å². The van der Waals surface area contributed by atoms with E-state index in [9.17, 15) is 9.59 Å². The molecule has 1 saturated heterocycles. The Labute approximate surface area is 235 Å². The van der Waals surface area contributed by atoms with Gasteiger partial charge in [0, 0.05) is 67.3 Å². The molecule has 2 aromatic heterocycles. The Hall–Kier alpha value is -3.58. The summed E-state index contributed by atoms with van der Waals surface area (Å²) in [5.74, 6) is 0.329. The number of rotatable bonds is 3. The normalized spacial score (nSPS) is 18.5. The van der Waals surface area contributed by atoms with Crippen LogP contribution in [0.2, 0.25) is 0 Å². The summed E-state index contributed by atoms with van der Waals surface area (Å²) in [6, 6.07) is 12.6. The number of hydrogen-bond donors (Lipinski definition) is 0. The van der Waals surface area contributed by atoms with Gasteiger partial charge in [-0.15, -0.1) is 0 Å². The number of carbonyl (C=O) groups is 2. The second kappa shape index (κ2) is 10.1. The Kier molecular flexibility index (Phi) is 6.42. The van der Waals surface area contributed by atoms with E-state index in [1.54, 1.807) is 0 Å². The van der Waals surface area contributed by atoms with Gasteiger partial charge in [0.25, 0.3) is 5.91 Å². The summed E-state index contributed by atoms with van der Waals surface area (Å²) in [6.45, 7) is 5.06. The molecule has 0 bridgehead atoms. The van der Waals surface area contributed by atoms with Crippen molar-refractivity contribution in [1.29, 1.82) is 0 Å². The lowest BCUT2D eigenvalue weighted by atomic mass is 9.81. The van der Waals surface area contributed by atoms with Gasteiger partial charge in [-0.2, -0.15) is 0 Å². The number of esters is 1. The summed E-state index contributed by atoms with van der Waals surface area (Å²) in [7, 11) is 3.56. The molecule has 2 fully saturated rings. The van der Waals surface area contributed by atoms with Crippen LogP contribution in [-0.4, -0.2) is 71.1 Å². The van der Waals surface area contributed by atoms with Crippen LogP contribution in [0.5, 0.6) is 0 Å². The SMILES string of the molecule is COC(=O)c1ccc2c(C3CCCCC3)c3n(c2c1)CCCn1cc(C(=O)N2CCN(C)CC2)c2cccc-3c21. The molecular weight excluding hydrogens is 500 g/mol. The Morgan fingerprint density at radius 1 is 0.875 bits per heavy atom. The third-order valence-electron chi connectivity index (χ3n) is 9.49. The van der Waals surface area contributed by atoms with Crippen LogP contribution >= 0.6 is 0 Å². The average Bonchev–Trinajstić information content (AvgIpc) is 3.51. The van der Waals surface area contributed by atoms with Gasteiger partial charge in [-0.1, -0.05) is 43.5 Å². The van der Waals surface area contributed by atoms with Gasteiger partial charge in [-0.3, -0.25) is 4.79 Å². The summed E-state index contributed by atoms with van der Waals surface area (Å²) in [5, 5.41) is 2.30. The Morgan fingerprint density at radius 2 is 1.68 bits per heavy atom. The number of methoxy groups -OCH3 is 1. The Morgan fingerprint density at radius 3 is 2.45 bits per heavy atom. The maximum absolute atomic E-state index is 13.8. The number of amides is 1. The number of likely N-dealkylation sites (N-methyl/N-ethyl adjacent to an activating group) is 1. The maximum atomic E-state index is 13.8. The summed E-state index contributed by atoms with van der Waals surface area (Å²) < 4.78 is 9.87. The predicted octanol–water partition coefficient (Wildman–Crippen LogP) is 5.89. The molecule has 1 amide bonds. The van der Waals surface area contributed by atoms with Crippen molar-refractivity contribution in [3.63, 3.8) is 0 Å². The standard InChI is InChI=1S/C33H38N4O3/c1-34-16-18-35(19-17-34)32(38)27-21-36-14-7-15-37-28-20-23(33(39)40-2)12-13-25(28)29(22-8-4-3-5-9-22)31(37)26-11-6-10-24(27)30(26)36/h6,10-13,20-22H,3-5,7-9,14-19H2,1-2H3. The number of ether oxygens (including phenoxy) is 1. The van der Waals surface area contributed by atoms with Crippen LogP contribution in [0.15, 0.2) is 42.6 Å². The van der Waals surface area contributed by atoms with Gasteiger partial charge in [-0.25, -0.2) is 4.79 Å². The van der Waals surface area contributed by atoms with Crippen molar-refractivity contribution in [3.8, 4) is 11.3 Å². The molecule has 2 aromatic carbocycles. The first kappa shape index (κ1) is 25.4. The fraction of sp³-hybridized carbons (Fsp3) is 0.455. The van der Waals surface area contributed by atoms with Crippen LogP contribution in [0.1, 0.15) is 70.7 Å². The molecule has 3 aliphatic rings. The van der Waals surface area contributed by atoms with Gasteiger partial charge < -0.3 is 23.7 Å². The number of aryl methyl sites for hydroxylation is 2. The fourth-order valence-electron chi connectivity index (χ4n) is 7.43. The molecule has 1 saturated carbocycles. The fourth-order valence-corrected chi connectivity index (χ4v) is 7.43. The highest BCUT2D eigenvalue weighted by molar-refractivity contribution is 6.11. The molecule has 40 heavy (non-hydrogen) atoms. The molecule has 4 aromatic rings. The van der Waals surface area contributed by atoms with E-state index in [0.29, 0.717) is 11.5 Å². The highest BCUT2D eigenvalue weighted by Crippen LogP contribution is 2.47. The zero-order valence-electron chi connectivity index (χ0n) is 23.6. The van der Waals surface area contributed by atoms with Crippen LogP contribution in [0.3, 0.4) is 0 Å². The molecule has 1 aliphatic carbocycles. The molecule has 7 nitrogen and oxygen atoms in total. The molecule has 2 aliphatic heterocycles. The summed E-state index contributed by atoms with van der Waals surface area (Å²) >= 11 is 0. The molecule has 7 rings (SSSR count). The minimum Gasteiger partial charge on any atom is -0.465 e. The molecule has 7 heteroatoms. The first-order valence-electron chi connectivity index (χ1n) is 14.9. The topological polar surface area (TPSA) is 59.7 Å². The smallest absolute Gasteiger partial charge is 0.337 e. The van der Waals surface area contributed by atoms with Gasteiger partial charge in [0.1, 0.15) is 0 Å². The van der Waals surface area contributed by atoms with Crippen molar-refractivity contribution in [2.45, 2.75) is 57.5 Å². The van der Waals surface area contributed by atoms with Crippen molar-refractivity contribution < 1.29 is 14.3 Å². The van der Waals surface area contributed by atoms with E-state index in [4.69, 9.17) is 4.74 Å². The molecule has 0 spiro atoms. The van der Waals surface area contributed by atoms with Gasteiger partial charge in [0.2, 0.25) is 0 Å². The van der Waals surface area contributed by atoms with E-state index in [0.717, 1.165) is 67.7 Å². The number of para-hydroxylation sites is 1. The monoisotopic (exact) mass is 538 g/mol. The average molecular weight is 539 g/mol. The lowest BCUT2D eigenvalue weighted by Crippen LogP contribution is -2.47. The van der Waals surface area contributed by atoms with E-state index in [-0.39, 0.29) is 11.9 Å². The number of nitrogens with zero attached hydrogens (tertiary/aromatic N) is 4. The molecule has 0 unspecified atom stereocenters. The van der Waals surface area contributed by atoms with E-state index >= 15 is 0 Å². The van der Waals surface area contributed by atoms with Crippen molar-refractivity contribution in [2.75, 3.05) is 40.3 Å². The van der Waals surface area contributed by atoms with Crippen LogP contribution in [0.4, 0.5) is 0 Å². The summed E-state index contributed by atoms with van der Waals surface area (Å²) in [5.41, 5.74) is 7.57. The molecule has 0 radical (unpaired) electrons. The van der Waals surface area contributed by atoms with E-state index in [1.807, 2.05) is 17.0 Å². The number of benzene rings is 2. The largest absolute Gasteiger partial charge is 0.465 e. The molecule has 0 N–H and O–H groups in total. The number of hydrogen-bond acceptors (Lipinski definition) is 4. The van der Waals surface area contributed by atoms with Gasteiger partial charge in [0.05, 0.1) is 29.4 Å². The predicted molar refractivity (Wildman–Crippen MR) is 158 cm³/mol. The Bertz CT molecular complexity index is 1620. The van der Waals surface area contributed by atoms with Crippen molar-refractivity contribution >= 4 is 33.7 Å². The third kappa shape index (κ3) is 4.05. The quantitative estimate of drug-likeness (QED) is 0.305. The summed E-state index contributed by atoms with van der Waals surface area (Å²) in [6.07, 6.45) is 9.24. The maximum Gasteiger partial charge on any atom is 0.337 e. The van der Waals surface area contributed by atoms with Crippen molar-refractivity contribution in [3.05, 3.63) is 59.3 Å². The van der Waals surface area contributed by atoms with Crippen LogP contribution < -0.4 is 0 Å². The number of aromatic nitrogens is 2. The van der Waals surface area contributed by atoms with Gasteiger partial charge in [0.15, 0.2) is 0 Å². The zero-order valence-corrected chi connectivity index (χ0v) is 23.6. The minimum atomic E-state index is -0.300. The summed E-state index contributed by atoms with van der Waals surface area (Å²) in [4.78, 5) is 30.6. The van der Waals surface area contributed by atoms with E-state index in [2.05, 4.69) is 51.5 Å². The molecular formula is C33H38N4O3. The highest BCUT2D eigenvalue weighted by atomic mass is 16.5. The highest BCUT2D eigenvalue weighted by Gasteiger charge is 2.31. The zero-order chi connectivity index (χ0) is 27.4. The van der Waals surface area contributed by atoms with Gasteiger partial charge in [-0.05, 0) is 49.9 Å². The van der Waals surface area contributed by atoms with Crippen LogP contribution in [0, 0.1) is 0 Å². The van der Waals surface area contributed by atoms with Crippen molar-refractivity contribution in [2.24, 2.45) is 0 Å². The number of fused-ring (bicyclic) bond motifs is 4. The van der Waals surface area contributed by atoms with Crippen LogP contribution in [-0.2, 0) is 17.8 Å². The van der Waals surface area contributed by atoms with Crippen molar-refractivity contribution in [1.82, 2.24) is 18.9 Å². The molecule has 4 heterocycles. The number of carbonyl (C=O) groups excluding carboxylic acids is 2. The Balaban J connectivity index is 1.45. The first-order valence-corrected chi connectivity index (χ1v) is 14.9. The third-order valence-corrected chi connectivity index (χ3v) is 9.49. The second-order valence-electron chi connectivity index (χ2n) is 11.9. The lowest BCUT2D eigenvalue weighted by molar-refractivity contribution is 0.0600.